The molecule has 1 aliphatic heterocycles. The standard InChI is InChI=1S/C19H25ClN4O2/c1-14-17(11-23-24(14)16-5-3-15(20)4-6-16)18(25)22-12-19(13-26-2)7-9-21-10-8-19/h3-6,11,21H,7-10,12-13H2,1-2H3,(H,22,25). The molecule has 6 nitrogen and oxygen atoms in total. The lowest BCUT2D eigenvalue weighted by Gasteiger charge is -2.37. The van der Waals surface area contributed by atoms with Gasteiger partial charge in [-0.3, -0.25) is 4.79 Å². The topological polar surface area (TPSA) is 68.2 Å². The molecular formula is C19H25ClN4O2. The van der Waals surface area contributed by atoms with Crippen LogP contribution in [0.3, 0.4) is 0 Å². The van der Waals surface area contributed by atoms with Crippen LogP contribution >= 0.6 is 11.6 Å². The normalized spacial score (nSPS) is 16.4. The summed E-state index contributed by atoms with van der Waals surface area (Å²) < 4.78 is 7.16. The van der Waals surface area contributed by atoms with Gasteiger partial charge in [-0.15, -0.1) is 0 Å². The summed E-state index contributed by atoms with van der Waals surface area (Å²) in [4.78, 5) is 12.7. The number of carbonyl (C=O) groups is 1. The molecule has 0 bridgehead atoms. The van der Waals surface area contributed by atoms with Crippen LogP contribution in [0.1, 0.15) is 28.9 Å². The molecule has 2 N–H and O–H groups in total. The summed E-state index contributed by atoms with van der Waals surface area (Å²) in [5.74, 6) is -0.100. The van der Waals surface area contributed by atoms with Crippen LogP contribution in [-0.2, 0) is 4.74 Å². The van der Waals surface area contributed by atoms with E-state index in [-0.39, 0.29) is 11.3 Å². The minimum atomic E-state index is -0.100. The van der Waals surface area contributed by atoms with E-state index in [0.717, 1.165) is 37.3 Å². The summed E-state index contributed by atoms with van der Waals surface area (Å²) in [6.45, 7) is 5.05. The largest absolute Gasteiger partial charge is 0.384 e. The molecule has 0 radical (unpaired) electrons. The van der Waals surface area contributed by atoms with Crippen LogP contribution in [0.2, 0.25) is 5.02 Å². The molecule has 0 spiro atoms. The number of hydrogen-bond acceptors (Lipinski definition) is 4. The molecule has 0 atom stereocenters. The highest BCUT2D eigenvalue weighted by Crippen LogP contribution is 2.28. The number of halogens is 1. The van der Waals surface area contributed by atoms with Gasteiger partial charge in [0.1, 0.15) is 0 Å². The summed E-state index contributed by atoms with van der Waals surface area (Å²) in [7, 11) is 1.71. The van der Waals surface area contributed by atoms with Crippen molar-refractivity contribution >= 4 is 17.5 Å². The summed E-state index contributed by atoms with van der Waals surface area (Å²) >= 11 is 5.94. The Hall–Kier alpha value is -1.89. The average molecular weight is 377 g/mol. The Morgan fingerprint density at radius 3 is 2.69 bits per heavy atom. The zero-order valence-corrected chi connectivity index (χ0v) is 16.0. The van der Waals surface area contributed by atoms with Gasteiger partial charge in [-0.05, 0) is 57.1 Å². The lowest BCUT2D eigenvalue weighted by molar-refractivity contribution is 0.0511. The molecule has 2 heterocycles. The maximum absolute atomic E-state index is 12.7. The predicted molar refractivity (Wildman–Crippen MR) is 102 cm³/mol. The molecule has 0 unspecified atom stereocenters. The van der Waals surface area contributed by atoms with Gasteiger partial charge in [0.15, 0.2) is 0 Å². The fraction of sp³-hybridized carbons (Fsp3) is 0.474. The molecule has 1 aliphatic rings. The number of nitrogens with zero attached hydrogens (tertiary/aromatic N) is 2. The van der Waals surface area contributed by atoms with Crippen molar-refractivity contribution in [2.45, 2.75) is 19.8 Å². The van der Waals surface area contributed by atoms with Gasteiger partial charge in [-0.2, -0.15) is 5.10 Å². The maximum atomic E-state index is 12.7. The van der Waals surface area contributed by atoms with E-state index in [1.54, 1.807) is 18.0 Å². The fourth-order valence-corrected chi connectivity index (χ4v) is 3.60. The van der Waals surface area contributed by atoms with Crippen LogP contribution in [-0.4, -0.2) is 49.0 Å². The SMILES string of the molecule is COCC1(CNC(=O)c2cnn(-c3ccc(Cl)cc3)c2C)CCNCC1. The first kappa shape index (κ1) is 18.9. The van der Waals surface area contributed by atoms with Crippen LogP contribution in [0.15, 0.2) is 30.5 Å². The first-order chi connectivity index (χ1) is 12.5. The highest BCUT2D eigenvalue weighted by molar-refractivity contribution is 6.30. The van der Waals surface area contributed by atoms with E-state index in [1.165, 1.54) is 0 Å². The first-order valence-corrected chi connectivity index (χ1v) is 9.21. The van der Waals surface area contributed by atoms with Crippen LogP contribution in [0.5, 0.6) is 0 Å². The molecule has 140 valence electrons. The third-order valence-electron chi connectivity index (χ3n) is 5.06. The van der Waals surface area contributed by atoms with Gasteiger partial charge in [-0.25, -0.2) is 4.68 Å². The third kappa shape index (κ3) is 4.09. The van der Waals surface area contributed by atoms with Crippen molar-refractivity contribution in [3.8, 4) is 5.69 Å². The van der Waals surface area contributed by atoms with Crippen molar-refractivity contribution in [1.29, 1.82) is 0 Å². The predicted octanol–water partition coefficient (Wildman–Crippen LogP) is 2.58. The minimum Gasteiger partial charge on any atom is -0.384 e. The van der Waals surface area contributed by atoms with Gasteiger partial charge in [0.25, 0.3) is 5.91 Å². The lowest BCUT2D eigenvalue weighted by atomic mass is 9.79. The highest BCUT2D eigenvalue weighted by atomic mass is 35.5. The van der Waals surface area contributed by atoms with Crippen LogP contribution in [0.4, 0.5) is 0 Å². The molecule has 7 heteroatoms. The summed E-state index contributed by atoms with van der Waals surface area (Å²) in [5, 5.41) is 11.5. The Labute approximate surface area is 158 Å². The molecular weight excluding hydrogens is 352 g/mol. The quantitative estimate of drug-likeness (QED) is 0.813. The Morgan fingerprint density at radius 1 is 1.35 bits per heavy atom. The molecule has 0 aliphatic carbocycles. The zero-order chi connectivity index (χ0) is 18.6. The zero-order valence-electron chi connectivity index (χ0n) is 15.2. The average Bonchev–Trinajstić information content (AvgIpc) is 3.03. The van der Waals surface area contributed by atoms with Gasteiger partial charge >= 0.3 is 0 Å². The van der Waals surface area contributed by atoms with Crippen molar-refractivity contribution in [2.24, 2.45) is 5.41 Å². The second-order valence-corrected chi connectivity index (χ2v) is 7.33. The van der Waals surface area contributed by atoms with Gasteiger partial charge in [-0.1, -0.05) is 11.6 Å². The van der Waals surface area contributed by atoms with Crippen LogP contribution < -0.4 is 10.6 Å². The number of ether oxygens (including phenoxy) is 1. The number of methoxy groups -OCH3 is 1. The smallest absolute Gasteiger partial charge is 0.254 e. The van der Waals surface area contributed by atoms with Crippen molar-refractivity contribution in [3.63, 3.8) is 0 Å². The van der Waals surface area contributed by atoms with Crippen LogP contribution in [0.25, 0.3) is 5.69 Å². The van der Waals surface area contributed by atoms with E-state index in [0.29, 0.717) is 23.7 Å². The molecule has 1 aromatic carbocycles. The Morgan fingerprint density at radius 2 is 2.04 bits per heavy atom. The van der Waals surface area contributed by atoms with Crippen molar-refractivity contribution in [3.05, 3.63) is 46.7 Å². The van der Waals surface area contributed by atoms with E-state index in [2.05, 4.69) is 15.7 Å². The molecule has 2 aromatic rings. The van der Waals surface area contributed by atoms with Gasteiger partial charge in [0.05, 0.1) is 29.7 Å². The molecule has 0 saturated carbocycles. The Kier molecular flexibility index (Phi) is 5.96. The number of piperidine rings is 1. The minimum absolute atomic E-state index is 0.00423. The van der Waals surface area contributed by atoms with Crippen molar-refractivity contribution in [2.75, 3.05) is 33.4 Å². The fourth-order valence-electron chi connectivity index (χ4n) is 3.47. The second-order valence-electron chi connectivity index (χ2n) is 6.90. The van der Waals surface area contributed by atoms with Gasteiger partial charge in [0.2, 0.25) is 0 Å². The van der Waals surface area contributed by atoms with E-state index >= 15 is 0 Å². The number of benzene rings is 1. The van der Waals surface area contributed by atoms with Crippen molar-refractivity contribution in [1.82, 2.24) is 20.4 Å². The molecule has 1 saturated heterocycles. The van der Waals surface area contributed by atoms with Gasteiger partial charge in [0, 0.05) is 24.1 Å². The number of nitrogens with one attached hydrogen (secondary N) is 2. The summed E-state index contributed by atoms with van der Waals surface area (Å²) in [5.41, 5.74) is 2.26. The molecule has 1 fully saturated rings. The number of carbonyl (C=O) groups excluding carboxylic acids is 1. The third-order valence-corrected chi connectivity index (χ3v) is 5.32. The Balaban J connectivity index is 1.71. The number of hydrogen-bond donors (Lipinski definition) is 2. The van der Waals surface area contributed by atoms with E-state index < -0.39 is 0 Å². The maximum Gasteiger partial charge on any atom is 0.254 e. The molecule has 26 heavy (non-hydrogen) atoms. The first-order valence-electron chi connectivity index (χ1n) is 8.83. The van der Waals surface area contributed by atoms with E-state index in [4.69, 9.17) is 16.3 Å². The number of amides is 1. The Bertz CT molecular complexity index is 746. The molecule has 3 rings (SSSR count). The molecule has 1 amide bonds. The summed E-state index contributed by atoms with van der Waals surface area (Å²) in [6, 6.07) is 7.38. The highest BCUT2D eigenvalue weighted by Gasteiger charge is 2.32. The van der Waals surface area contributed by atoms with Crippen molar-refractivity contribution < 1.29 is 9.53 Å². The van der Waals surface area contributed by atoms with E-state index in [9.17, 15) is 4.79 Å². The second kappa shape index (κ2) is 8.20. The van der Waals surface area contributed by atoms with E-state index in [1.807, 2.05) is 31.2 Å². The summed E-state index contributed by atoms with van der Waals surface area (Å²) in [6.07, 6.45) is 3.60. The van der Waals surface area contributed by atoms with Crippen LogP contribution in [0, 0.1) is 12.3 Å². The lowest BCUT2D eigenvalue weighted by Crippen LogP contribution is -2.47. The number of rotatable bonds is 6. The number of aromatic nitrogens is 2. The molecule has 1 aromatic heterocycles. The monoisotopic (exact) mass is 376 g/mol. The van der Waals surface area contributed by atoms with Gasteiger partial charge < -0.3 is 15.4 Å².